The van der Waals surface area contributed by atoms with Gasteiger partial charge in [0.15, 0.2) is 0 Å². The molecule has 0 bridgehead atoms. The lowest BCUT2D eigenvalue weighted by atomic mass is 10.0. The minimum Gasteiger partial charge on any atom is -0.508 e. The van der Waals surface area contributed by atoms with Gasteiger partial charge in [-0.2, -0.15) is 0 Å². The van der Waals surface area contributed by atoms with Crippen molar-refractivity contribution < 1.29 is 14.9 Å². The third kappa shape index (κ3) is 2.25. The maximum Gasteiger partial charge on any atom is 0.260 e. The highest BCUT2D eigenvalue weighted by Crippen LogP contribution is 2.37. The number of halogens is 1. The van der Waals surface area contributed by atoms with E-state index in [9.17, 15) is 15.0 Å². The van der Waals surface area contributed by atoms with Crippen LogP contribution in [0.1, 0.15) is 0 Å². The summed E-state index contributed by atoms with van der Waals surface area (Å²) in [5.74, 6) is 0.309. The number of benzene rings is 2. The number of phenols is 1. The summed E-state index contributed by atoms with van der Waals surface area (Å²) in [7, 11) is 1.47. The summed E-state index contributed by atoms with van der Waals surface area (Å²) in [6, 6.07) is 9.08. The van der Waals surface area contributed by atoms with Gasteiger partial charge < -0.3 is 19.9 Å². The molecule has 3 aromatic rings. The second-order valence-corrected chi connectivity index (χ2v) is 5.16. The second-order valence-electron chi connectivity index (χ2n) is 4.76. The van der Waals surface area contributed by atoms with Crippen molar-refractivity contribution in [2.24, 2.45) is 0 Å². The van der Waals surface area contributed by atoms with Gasteiger partial charge in [0.25, 0.3) is 5.56 Å². The van der Waals surface area contributed by atoms with Crippen LogP contribution in [0.3, 0.4) is 0 Å². The summed E-state index contributed by atoms with van der Waals surface area (Å²) in [4.78, 5) is 15.0. The molecule has 6 heteroatoms. The topological polar surface area (TPSA) is 82.6 Å². The standard InChI is InChI=1S/C16H12ClNO4/c1-22-13-7-12-10(6-11(13)17)15(20)14(16(21)18-12)8-2-4-9(19)5-3-8/h2-7,19H,1H3,(H2,18,20,21). The predicted molar refractivity (Wildman–Crippen MR) is 84.9 cm³/mol. The number of phenolic OH excluding ortho intramolecular Hbond substituents is 1. The van der Waals surface area contributed by atoms with Gasteiger partial charge in [-0.25, -0.2) is 0 Å². The lowest BCUT2D eigenvalue weighted by Gasteiger charge is -2.10. The van der Waals surface area contributed by atoms with Crippen LogP contribution in [0.4, 0.5) is 0 Å². The van der Waals surface area contributed by atoms with E-state index in [-0.39, 0.29) is 17.1 Å². The van der Waals surface area contributed by atoms with Gasteiger partial charge >= 0.3 is 0 Å². The Morgan fingerprint density at radius 1 is 1.14 bits per heavy atom. The van der Waals surface area contributed by atoms with Crippen LogP contribution in [-0.4, -0.2) is 22.3 Å². The Morgan fingerprint density at radius 3 is 2.45 bits per heavy atom. The highest BCUT2D eigenvalue weighted by Gasteiger charge is 2.16. The number of aromatic hydroxyl groups is 2. The number of hydrogen-bond donors (Lipinski definition) is 3. The Kier molecular flexibility index (Phi) is 3.42. The number of ether oxygens (including phenoxy) is 1. The van der Waals surface area contributed by atoms with Crippen molar-refractivity contribution in [2.75, 3.05) is 7.11 Å². The number of H-pyrrole nitrogens is 1. The fourth-order valence-corrected chi connectivity index (χ4v) is 2.57. The van der Waals surface area contributed by atoms with Crippen molar-refractivity contribution in [3.05, 3.63) is 51.8 Å². The molecular weight excluding hydrogens is 306 g/mol. The minimum atomic E-state index is -0.444. The van der Waals surface area contributed by atoms with Crippen LogP contribution in [0.2, 0.25) is 5.02 Å². The molecule has 0 amide bonds. The van der Waals surface area contributed by atoms with Crippen molar-refractivity contribution in [1.82, 2.24) is 4.98 Å². The van der Waals surface area contributed by atoms with E-state index in [1.54, 1.807) is 18.2 Å². The number of fused-ring (bicyclic) bond motifs is 1. The van der Waals surface area contributed by atoms with E-state index in [4.69, 9.17) is 16.3 Å². The highest BCUT2D eigenvalue weighted by molar-refractivity contribution is 6.33. The van der Waals surface area contributed by atoms with Crippen molar-refractivity contribution in [2.45, 2.75) is 0 Å². The van der Waals surface area contributed by atoms with Gasteiger partial charge in [0.1, 0.15) is 17.2 Å². The van der Waals surface area contributed by atoms with Crippen LogP contribution < -0.4 is 10.3 Å². The molecule has 0 unspecified atom stereocenters. The second kappa shape index (κ2) is 5.27. The molecule has 0 saturated heterocycles. The summed E-state index contributed by atoms with van der Waals surface area (Å²) in [5, 5.41) is 20.5. The third-order valence-electron chi connectivity index (χ3n) is 3.42. The first kappa shape index (κ1) is 14.3. The molecule has 5 nitrogen and oxygen atoms in total. The SMILES string of the molecule is COc1cc2[nH]c(=O)c(-c3ccc(O)cc3)c(O)c2cc1Cl. The molecule has 0 radical (unpaired) electrons. The summed E-state index contributed by atoms with van der Waals surface area (Å²) in [6.07, 6.45) is 0. The number of methoxy groups -OCH3 is 1. The summed E-state index contributed by atoms with van der Waals surface area (Å²) < 4.78 is 5.10. The zero-order chi connectivity index (χ0) is 15.9. The normalized spacial score (nSPS) is 10.8. The largest absolute Gasteiger partial charge is 0.508 e. The van der Waals surface area contributed by atoms with Crippen molar-refractivity contribution in [3.63, 3.8) is 0 Å². The molecule has 112 valence electrons. The molecule has 0 aliphatic carbocycles. The Labute approximate surface area is 130 Å². The van der Waals surface area contributed by atoms with Gasteiger partial charge in [-0.3, -0.25) is 4.79 Å². The smallest absolute Gasteiger partial charge is 0.260 e. The average Bonchev–Trinajstić information content (AvgIpc) is 2.49. The van der Waals surface area contributed by atoms with Crippen LogP contribution in [0.15, 0.2) is 41.2 Å². The molecule has 1 aromatic heterocycles. The number of nitrogens with one attached hydrogen (secondary N) is 1. The molecule has 0 spiro atoms. The lowest BCUT2D eigenvalue weighted by Crippen LogP contribution is -2.09. The molecule has 0 aliphatic heterocycles. The number of aromatic amines is 1. The first-order valence-corrected chi connectivity index (χ1v) is 6.81. The van der Waals surface area contributed by atoms with Crippen molar-refractivity contribution in [3.8, 4) is 28.4 Å². The Balaban J connectivity index is 2.33. The van der Waals surface area contributed by atoms with E-state index in [0.29, 0.717) is 27.2 Å². The molecule has 0 atom stereocenters. The van der Waals surface area contributed by atoms with Crippen LogP contribution in [-0.2, 0) is 0 Å². The monoisotopic (exact) mass is 317 g/mol. The maximum atomic E-state index is 12.3. The highest BCUT2D eigenvalue weighted by atomic mass is 35.5. The van der Waals surface area contributed by atoms with E-state index in [1.165, 1.54) is 25.3 Å². The van der Waals surface area contributed by atoms with Gasteiger partial charge in [0, 0.05) is 11.5 Å². The first-order valence-electron chi connectivity index (χ1n) is 6.43. The maximum absolute atomic E-state index is 12.3. The van der Waals surface area contributed by atoms with Gasteiger partial charge in [0.2, 0.25) is 0 Å². The zero-order valence-electron chi connectivity index (χ0n) is 11.6. The van der Waals surface area contributed by atoms with E-state index >= 15 is 0 Å². The van der Waals surface area contributed by atoms with Crippen LogP contribution >= 0.6 is 11.6 Å². The average molecular weight is 318 g/mol. The van der Waals surface area contributed by atoms with Crippen LogP contribution in [0.5, 0.6) is 17.2 Å². The number of pyridine rings is 1. The summed E-state index contributed by atoms with van der Waals surface area (Å²) >= 11 is 6.07. The first-order chi connectivity index (χ1) is 10.5. The minimum absolute atomic E-state index is 0.0771. The summed E-state index contributed by atoms with van der Waals surface area (Å²) in [6.45, 7) is 0. The molecule has 0 saturated carbocycles. The van der Waals surface area contributed by atoms with Crippen LogP contribution in [0, 0.1) is 0 Å². The van der Waals surface area contributed by atoms with Gasteiger partial charge in [-0.1, -0.05) is 23.7 Å². The molecule has 3 rings (SSSR count). The van der Waals surface area contributed by atoms with Gasteiger partial charge in [0.05, 0.1) is 23.2 Å². The Hall–Kier alpha value is -2.66. The molecular formula is C16H12ClNO4. The lowest BCUT2D eigenvalue weighted by molar-refractivity contribution is 0.415. The molecule has 2 aromatic carbocycles. The Morgan fingerprint density at radius 2 is 1.82 bits per heavy atom. The third-order valence-corrected chi connectivity index (χ3v) is 3.71. The number of hydrogen-bond acceptors (Lipinski definition) is 4. The zero-order valence-corrected chi connectivity index (χ0v) is 12.3. The predicted octanol–water partition coefficient (Wildman–Crippen LogP) is 3.27. The molecule has 0 fully saturated rings. The molecule has 3 N–H and O–H groups in total. The molecule has 1 heterocycles. The number of rotatable bonds is 2. The Bertz CT molecular complexity index is 916. The van der Waals surface area contributed by atoms with Crippen molar-refractivity contribution >= 4 is 22.5 Å². The van der Waals surface area contributed by atoms with E-state index in [1.807, 2.05) is 0 Å². The van der Waals surface area contributed by atoms with E-state index in [0.717, 1.165) is 0 Å². The van der Waals surface area contributed by atoms with E-state index in [2.05, 4.69) is 4.98 Å². The van der Waals surface area contributed by atoms with E-state index < -0.39 is 5.56 Å². The molecule has 22 heavy (non-hydrogen) atoms. The number of aromatic nitrogens is 1. The van der Waals surface area contributed by atoms with Gasteiger partial charge in [-0.15, -0.1) is 0 Å². The van der Waals surface area contributed by atoms with Crippen molar-refractivity contribution in [1.29, 1.82) is 0 Å². The fraction of sp³-hybridized carbons (Fsp3) is 0.0625. The quantitative estimate of drug-likeness (QED) is 0.677. The van der Waals surface area contributed by atoms with Crippen LogP contribution in [0.25, 0.3) is 22.0 Å². The summed E-state index contributed by atoms with van der Waals surface area (Å²) in [5.41, 5.74) is 0.588. The fourth-order valence-electron chi connectivity index (χ4n) is 2.33. The van der Waals surface area contributed by atoms with Gasteiger partial charge in [-0.05, 0) is 23.8 Å². The molecule has 0 aliphatic rings.